The van der Waals surface area contributed by atoms with Gasteiger partial charge in [-0.05, 0) is 19.4 Å². The maximum Gasteiger partial charge on any atom is 1.00 e. The predicted octanol–water partition coefficient (Wildman–Crippen LogP) is -5.39. The van der Waals surface area contributed by atoms with Crippen LogP contribution in [0.1, 0.15) is 25.5 Å². The Kier molecular flexibility index (Phi) is 9.55. The zero-order valence-corrected chi connectivity index (χ0v) is 24.7. The molecule has 4 atom stereocenters. The number of carboxylic acids is 1. The Hall–Kier alpha value is -2.37. The number of hydrogen-bond acceptors (Lipinski definition) is 9. The van der Waals surface area contributed by atoms with Crippen molar-refractivity contribution in [3.63, 3.8) is 0 Å². The molecule has 0 radical (unpaired) electrons. The SMILES string of the molecule is CC1(C)S[C@@H]2C(NC(=O)C(NC(=O)N3CCN(S(C)(=O)=O)C3=O)c3ccccc3)C(=O)N2[C@H]1C(=O)[O-].O.[Na+]. The number of urea groups is 2. The second-order valence-corrected chi connectivity index (χ2v) is 12.8. The Morgan fingerprint density at radius 2 is 1.74 bits per heavy atom. The molecule has 3 aliphatic heterocycles. The normalized spacial score (nSPS) is 24.4. The summed E-state index contributed by atoms with van der Waals surface area (Å²) in [6.45, 7) is 2.92. The summed E-state index contributed by atoms with van der Waals surface area (Å²) in [5.41, 5.74) is 0.352. The minimum atomic E-state index is -3.87. The van der Waals surface area contributed by atoms with Gasteiger partial charge in [0.05, 0.1) is 31.4 Å². The number of sulfonamides is 1. The Labute approximate surface area is 245 Å². The van der Waals surface area contributed by atoms with Crippen LogP contribution in [-0.2, 0) is 24.4 Å². The van der Waals surface area contributed by atoms with E-state index in [0.717, 1.165) is 6.26 Å². The largest absolute Gasteiger partial charge is 1.00 e. The summed E-state index contributed by atoms with van der Waals surface area (Å²) < 4.78 is 23.2. The van der Waals surface area contributed by atoms with Crippen LogP contribution >= 0.6 is 11.8 Å². The topological polar surface area (TPSA) is 208 Å². The van der Waals surface area contributed by atoms with E-state index in [4.69, 9.17) is 0 Å². The number of nitrogens with zero attached hydrogens (tertiary/aromatic N) is 3. The van der Waals surface area contributed by atoms with Crippen LogP contribution in [0.4, 0.5) is 9.59 Å². The first-order chi connectivity index (χ1) is 16.7. The number of fused-ring (bicyclic) bond motifs is 1. The summed E-state index contributed by atoms with van der Waals surface area (Å²) in [7, 11) is -3.87. The number of benzene rings is 1. The zero-order chi connectivity index (χ0) is 26.6. The summed E-state index contributed by atoms with van der Waals surface area (Å²) in [6.07, 6.45) is 0.846. The molecule has 3 fully saturated rings. The van der Waals surface area contributed by atoms with E-state index in [-0.39, 0.29) is 48.1 Å². The number of thioether (sulfide) groups is 1. The van der Waals surface area contributed by atoms with Gasteiger partial charge in [0, 0.05) is 4.75 Å². The summed E-state index contributed by atoms with van der Waals surface area (Å²) >= 11 is 1.22. The number of amides is 6. The molecule has 3 heterocycles. The number of carboxylic acid groups (broad SMARTS) is 1. The fourth-order valence-corrected chi connectivity index (χ4v) is 6.94. The monoisotopic (exact) mass is 579 g/mol. The van der Waals surface area contributed by atoms with Gasteiger partial charge in [-0.25, -0.2) is 27.2 Å². The molecule has 3 aliphatic rings. The Morgan fingerprint density at radius 1 is 1.13 bits per heavy atom. The molecule has 14 nitrogen and oxygen atoms in total. The second-order valence-electron chi connectivity index (χ2n) is 9.13. The van der Waals surface area contributed by atoms with Gasteiger partial charge in [0.2, 0.25) is 21.8 Å². The number of carbonyl (C=O) groups is 5. The van der Waals surface area contributed by atoms with Gasteiger partial charge in [-0.2, -0.15) is 0 Å². The third-order valence-electron chi connectivity index (χ3n) is 6.24. The van der Waals surface area contributed by atoms with Crippen LogP contribution in [0.5, 0.6) is 0 Å². The van der Waals surface area contributed by atoms with Gasteiger partial charge in [0.15, 0.2) is 0 Å². The van der Waals surface area contributed by atoms with Gasteiger partial charge in [0.1, 0.15) is 17.5 Å². The van der Waals surface area contributed by atoms with Crippen LogP contribution in [0.2, 0.25) is 0 Å². The zero-order valence-electron chi connectivity index (χ0n) is 21.0. The fraction of sp³-hybridized carbons (Fsp3) is 0.476. The maximum absolute atomic E-state index is 13.3. The fourth-order valence-electron chi connectivity index (χ4n) is 4.52. The van der Waals surface area contributed by atoms with Crippen molar-refractivity contribution in [2.75, 3.05) is 19.3 Å². The third kappa shape index (κ3) is 5.65. The average Bonchev–Trinajstić information content (AvgIpc) is 3.31. The molecule has 3 saturated heterocycles. The molecule has 38 heavy (non-hydrogen) atoms. The van der Waals surface area contributed by atoms with E-state index >= 15 is 0 Å². The number of hydrogen-bond donors (Lipinski definition) is 2. The van der Waals surface area contributed by atoms with E-state index < -0.39 is 68.1 Å². The molecule has 2 unspecified atom stereocenters. The molecule has 4 rings (SSSR count). The predicted molar refractivity (Wildman–Crippen MR) is 128 cm³/mol. The number of aliphatic carboxylic acids is 1. The quantitative estimate of drug-likeness (QED) is 0.243. The number of imide groups is 1. The molecule has 202 valence electrons. The van der Waals surface area contributed by atoms with Crippen LogP contribution in [-0.4, -0.2) is 99.4 Å². The van der Waals surface area contributed by atoms with E-state index in [0.29, 0.717) is 14.8 Å². The first-order valence-corrected chi connectivity index (χ1v) is 13.6. The van der Waals surface area contributed by atoms with E-state index in [1.54, 1.807) is 44.2 Å². The molecule has 4 N–H and O–H groups in total. The number of nitrogens with one attached hydrogen (secondary N) is 2. The van der Waals surface area contributed by atoms with Crippen molar-refractivity contribution in [1.82, 2.24) is 24.7 Å². The van der Waals surface area contributed by atoms with Crippen molar-refractivity contribution in [2.24, 2.45) is 0 Å². The van der Waals surface area contributed by atoms with Crippen molar-refractivity contribution in [3.05, 3.63) is 35.9 Å². The minimum absolute atomic E-state index is 0. The van der Waals surface area contributed by atoms with Crippen molar-refractivity contribution in [3.8, 4) is 0 Å². The standard InChI is InChI=1S/C21H25N5O8S2.Na.H2O/c1-21(2)14(18(29)30)26-16(28)13(17(26)35-21)22-15(27)12(11-7-5-4-6-8-11)23-19(31)24-9-10-25(20(24)32)36(3,33)34;;/h4-8,12-14,17H,9-10H2,1-3H3,(H,22,27)(H,23,31)(H,29,30);;1H2/q;+1;/p-1/t12?,13?,14-,17+;;/m0../s1. The van der Waals surface area contributed by atoms with E-state index in [9.17, 15) is 37.5 Å². The summed E-state index contributed by atoms with van der Waals surface area (Å²) in [5, 5.41) is 16.0. The van der Waals surface area contributed by atoms with Gasteiger partial charge in [0.25, 0.3) is 0 Å². The molecule has 1 aromatic carbocycles. The average molecular weight is 580 g/mol. The molecule has 0 aliphatic carbocycles. The molecular weight excluding hydrogens is 553 g/mol. The van der Waals surface area contributed by atoms with Gasteiger partial charge >= 0.3 is 41.6 Å². The Bertz CT molecular complexity index is 1250. The first kappa shape index (κ1) is 31.8. The summed E-state index contributed by atoms with van der Waals surface area (Å²) in [6, 6.07) is 2.56. The molecule has 6 amide bonds. The second kappa shape index (κ2) is 11.4. The van der Waals surface area contributed by atoms with Gasteiger partial charge < -0.3 is 30.9 Å². The Balaban J connectivity index is 0.00000253. The van der Waals surface area contributed by atoms with E-state index in [1.807, 2.05) is 0 Å². The first-order valence-electron chi connectivity index (χ1n) is 10.9. The van der Waals surface area contributed by atoms with Crippen molar-refractivity contribution >= 4 is 51.6 Å². The van der Waals surface area contributed by atoms with Crippen molar-refractivity contribution in [2.45, 2.75) is 42.1 Å². The van der Waals surface area contributed by atoms with Crippen molar-refractivity contribution < 1.29 is 72.5 Å². The molecule has 1 aromatic rings. The number of rotatable bonds is 6. The van der Waals surface area contributed by atoms with Crippen LogP contribution in [0, 0.1) is 0 Å². The van der Waals surface area contributed by atoms with Crippen LogP contribution in [0.3, 0.4) is 0 Å². The summed E-state index contributed by atoms with van der Waals surface area (Å²) in [5.74, 6) is -2.73. The third-order valence-corrected chi connectivity index (χ3v) is 8.95. The molecule has 17 heteroatoms. The van der Waals surface area contributed by atoms with Gasteiger partial charge in [-0.3, -0.25) is 9.59 Å². The van der Waals surface area contributed by atoms with Crippen LogP contribution < -0.4 is 45.3 Å². The molecule has 0 spiro atoms. The van der Waals surface area contributed by atoms with Crippen LogP contribution in [0.25, 0.3) is 0 Å². The van der Waals surface area contributed by atoms with Crippen LogP contribution in [0.15, 0.2) is 30.3 Å². The minimum Gasteiger partial charge on any atom is -0.548 e. The smallest absolute Gasteiger partial charge is 0.548 e. The molecular formula is C21H26N5NaO9S2. The van der Waals surface area contributed by atoms with Gasteiger partial charge in [-0.15, -0.1) is 11.8 Å². The maximum atomic E-state index is 13.3. The molecule has 0 aromatic heterocycles. The van der Waals surface area contributed by atoms with E-state index in [2.05, 4.69) is 10.6 Å². The molecule has 0 bridgehead atoms. The summed E-state index contributed by atoms with van der Waals surface area (Å²) in [4.78, 5) is 64.8. The molecule has 0 saturated carbocycles. The van der Waals surface area contributed by atoms with Crippen molar-refractivity contribution in [1.29, 1.82) is 0 Å². The Morgan fingerprint density at radius 3 is 2.26 bits per heavy atom. The van der Waals surface area contributed by atoms with E-state index in [1.165, 1.54) is 16.7 Å². The van der Waals surface area contributed by atoms with Gasteiger partial charge in [-0.1, -0.05) is 30.3 Å². The number of β-lactam (4-membered cyclic amide) rings is 1. The number of carbonyl (C=O) groups excluding carboxylic acids is 5.